The Balaban J connectivity index is 2.97. The number of Topliss-reactive ketones (excluding diaryl/α,β-unsaturated/α-hetero) is 1. The highest BCUT2D eigenvalue weighted by molar-refractivity contribution is 5.90. The summed E-state index contributed by atoms with van der Waals surface area (Å²) in [6.45, 7) is 8.61. The van der Waals surface area contributed by atoms with Gasteiger partial charge < -0.3 is 0 Å². The molecular weight excluding hydrogens is 220 g/mol. The van der Waals surface area contributed by atoms with Gasteiger partial charge in [-0.1, -0.05) is 58.0 Å². The average Bonchev–Trinajstić information content (AvgIpc) is 2.39. The normalized spacial score (nSPS) is 11.8. The maximum absolute atomic E-state index is 12.6. The van der Waals surface area contributed by atoms with E-state index in [0.717, 1.165) is 19.3 Å². The van der Waals surface area contributed by atoms with E-state index in [1.807, 2.05) is 18.2 Å². The molecule has 0 radical (unpaired) electrons. The van der Waals surface area contributed by atoms with Crippen molar-refractivity contribution in [1.82, 2.24) is 0 Å². The molecule has 1 heteroatoms. The monoisotopic (exact) mass is 246 g/mol. The molecule has 0 heterocycles. The van der Waals surface area contributed by atoms with Crippen LogP contribution in [0.1, 0.15) is 58.9 Å². The zero-order valence-electron chi connectivity index (χ0n) is 12.2. The van der Waals surface area contributed by atoms with Crippen molar-refractivity contribution in [1.29, 1.82) is 0 Å². The molecule has 0 N–H and O–H groups in total. The van der Waals surface area contributed by atoms with Gasteiger partial charge in [-0.25, -0.2) is 0 Å². The molecule has 1 aromatic carbocycles. The molecule has 0 unspecified atom stereocenters. The van der Waals surface area contributed by atoms with E-state index < -0.39 is 0 Å². The van der Waals surface area contributed by atoms with Gasteiger partial charge in [0.25, 0.3) is 0 Å². The van der Waals surface area contributed by atoms with Gasteiger partial charge in [-0.05, 0) is 30.7 Å². The van der Waals surface area contributed by atoms with E-state index >= 15 is 0 Å². The second-order valence-corrected chi connectivity index (χ2v) is 5.51. The van der Waals surface area contributed by atoms with Crippen LogP contribution in [-0.2, 0) is 10.2 Å². The van der Waals surface area contributed by atoms with Gasteiger partial charge in [0.05, 0.1) is 5.41 Å². The van der Waals surface area contributed by atoms with Crippen molar-refractivity contribution >= 4 is 5.78 Å². The molecule has 0 spiro atoms. The second kappa shape index (κ2) is 6.72. The zero-order chi connectivity index (χ0) is 13.6. The highest BCUT2D eigenvalue weighted by Crippen LogP contribution is 2.34. The Morgan fingerprint density at radius 2 is 1.67 bits per heavy atom. The summed E-state index contributed by atoms with van der Waals surface area (Å²) in [6.07, 6.45) is 3.48. The van der Waals surface area contributed by atoms with Crippen molar-refractivity contribution in [2.75, 3.05) is 0 Å². The molecule has 0 aromatic heterocycles. The maximum Gasteiger partial charge on any atom is 0.143 e. The van der Waals surface area contributed by atoms with E-state index in [9.17, 15) is 4.79 Å². The summed E-state index contributed by atoms with van der Waals surface area (Å²) < 4.78 is 0. The topological polar surface area (TPSA) is 17.1 Å². The van der Waals surface area contributed by atoms with E-state index in [2.05, 4.69) is 39.8 Å². The summed E-state index contributed by atoms with van der Waals surface area (Å²) in [5.41, 5.74) is 0.916. The Bertz CT molecular complexity index is 360. The van der Waals surface area contributed by atoms with Gasteiger partial charge in [0.1, 0.15) is 5.78 Å². The van der Waals surface area contributed by atoms with Crippen molar-refractivity contribution < 1.29 is 4.79 Å². The fourth-order valence-corrected chi connectivity index (χ4v) is 2.63. The molecule has 0 atom stereocenters. The molecule has 100 valence electrons. The Labute approximate surface area is 112 Å². The third-order valence-electron chi connectivity index (χ3n) is 4.02. The van der Waals surface area contributed by atoms with Crippen LogP contribution in [0.5, 0.6) is 0 Å². The lowest BCUT2D eigenvalue weighted by atomic mass is 9.71. The number of carbonyl (C=O) groups is 1. The molecule has 0 fully saturated rings. The molecule has 0 amide bonds. The van der Waals surface area contributed by atoms with Gasteiger partial charge in [0.2, 0.25) is 0 Å². The summed E-state index contributed by atoms with van der Waals surface area (Å²) in [4.78, 5) is 12.6. The summed E-state index contributed by atoms with van der Waals surface area (Å²) in [5, 5.41) is 0. The number of benzene rings is 1. The van der Waals surface area contributed by atoms with E-state index in [4.69, 9.17) is 0 Å². The maximum atomic E-state index is 12.6. The quantitative estimate of drug-likeness (QED) is 0.678. The molecular formula is C17H26O. The molecule has 0 saturated heterocycles. The molecule has 18 heavy (non-hydrogen) atoms. The minimum absolute atomic E-state index is 0.268. The number of ketones is 1. The van der Waals surface area contributed by atoms with Crippen LogP contribution in [0.15, 0.2) is 30.3 Å². The van der Waals surface area contributed by atoms with Crippen LogP contribution in [0.25, 0.3) is 0 Å². The zero-order valence-corrected chi connectivity index (χ0v) is 12.2. The van der Waals surface area contributed by atoms with Gasteiger partial charge in [-0.2, -0.15) is 0 Å². The Morgan fingerprint density at radius 3 is 2.11 bits per heavy atom. The molecule has 0 aliphatic carbocycles. The number of rotatable bonds is 7. The molecule has 1 nitrogen and oxygen atoms in total. The van der Waals surface area contributed by atoms with Gasteiger partial charge in [0, 0.05) is 6.42 Å². The smallest absolute Gasteiger partial charge is 0.143 e. The van der Waals surface area contributed by atoms with Crippen LogP contribution >= 0.6 is 0 Å². The molecule has 1 rings (SSSR count). The van der Waals surface area contributed by atoms with Crippen LogP contribution < -0.4 is 0 Å². The standard InChI is InChI=1S/C17H26O/c1-5-17(6-2,15-10-8-7-9-11-15)16(18)13-12-14(3)4/h7-11,14H,5-6,12-13H2,1-4H3. The van der Waals surface area contributed by atoms with E-state index in [0.29, 0.717) is 18.1 Å². The molecule has 0 aliphatic rings. The van der Waals surface area contributed by atoms with Crippen molar-refractivity contribution in [2.24, 2.45) is 5.92 Å². The lowest BCUT2D eigenvalue weighted by molar-refractivity contribution is -0.125. The largest absolute Gasteiger partial charge is 0.299 e. The lowest BCUT2D eigenvalue weighted by Crippen LogP contribution is -2.34. The lowest BCUT2D eigenvalue weighted by Gasteiger charge is -2.31. The van der Waals surface area contributed by atoms with Crippen LogP contribution in [0.4, 0.5) is 0 Å². The van der Waals surface area contributed by atoms with E-state index in [-0.39, 0.29) is 5.41 Å². The first-order valence-corrected chi connectivity index (χ1v) is 7.15. The van der Waals surface area contributed by atoms with Crippen molar-refractivity contribution in [3.8, 4) is 0 Å². The molecule has 1 aromatic rings. The average molecular weight is 246 g/mol. The first-order valence-electron chi connectivity index (χ1n) is 7.15. The minimum Gasteiger partial charge on any atom is -0.299 e. The van der Waals surface area contributed by atoms with Crippen molar-refractivity contribution in [3.63, 3.8) is 0 Å². The summed E-state index contributed by atoms with van der Waals surface area (Å²) in [5.74, 6) is 1.00. The summed E-state index contributed by atoms with van der Waals surface area (Å²) >= 11 is 0. The predicted octanol–water partition coefficient (Wildman–Crippen LogP) is 4.75. The van der Waals surface area contributed by atoms with Gasteiger partial charge in [0.15, 0.2) is 0 Å². The number of hydrogen-bond donors (Lipinski definition) is 0. The number of carbonyl (C=O) groups excluding carboxylic acids is 1. The minimum atomic E-state index is -0.268. The Hall–Kier alpha value is -1.11. The highest BCUT2D eigenvalue weighted by atomic mass is 16.1. The Kier molecular flexibility index (Phi) is 5.58. The molecule has 0 saturated carbocycles. The van der Waals surface area contributed by atoms with Crippen molar-refractivity contribution in [3.05, 3.63) is 35.9 Å². The van der Waals surface area contributed by atoms with E-state index in [1.54, 1.807) is 0 Å². The molecule has 0 bridgehead atoms. The second-order valence-electron chi connectivity index (χ2n) is 5.51. The highest BCUT2D eigenvalue weighted by Gasteiger charge is 2.35. The number of hydrogen-bond acceptors (Lipinski definition) is 1. The predicted molar refractivity (Wildman–Crippen MR) is 77.8 cm³/mol. The van der Waals surface area contributed by atoms with Crippen LogP contribution in [0, 0.1) is 5.92 Å². The van der Waals surface area contributed by atoms with Crippen LogP contribution in [0.3, 0.4) is 0 Å². The van der Waals surface area contributed by atoms with Crippen molar-refractivity contribution in [2.45, 2.75) is 58.8 Å². The SMILES string of the molecule is CCC(CC)(C(=O)CCC(C)C)c1ccccc1. The third-order valence-corrected chi connectivity index (χ3v) is 4.02. The molecule has 0 aliphatic heterocycles. The first kappa shape index (κ1) is 14.9. The van der Waals surface area contributed by atoms with E-state index in [1.165, 1.54) is 5.56 Å². The first-order chi connectivity index (χ1) is 8.56. The van der Waals surface area contributed by atoms with Gasteiger partial charge >= 0.3 is 0 Å². The van der Waals surface area contributed by atoms with Crippen LogP contribution in [0.2, 0.25) is 0 Å². The third kappa shape index (κ3) is 3.22. The summed E-state index contributed by atoms with van der Waals surface area (Å²) in [7, 11) is 0. The fraction of sp³-hybridized carbons (Fsp3) is 0.588. The Morgan fingerprint density at radius 1 is 1.11 bits per heavy atom. The van der Waals surface area contributed by atoms with Crippen LogP contribution in [-0.4, -0.2) is 5.78 Å². The van der Waals surface area contributed by atoms with Gasteiger partial charge in [-0.3, -0.25) is 4.79 Å². The van der Waals surface area contributed by atoms with Gasteiger partial charge in [-0.15, -0.1) is 0 Å². The fourth-order valence-electron chi connectivity index (χ4n) is 2.63. The summed E-state index contributed by atoms with van der Waals surface area (Å²) in [6, 6.07) is 10.3.